The van der Waals surface area contributed by atoms with Crippen LogP contribution >= 0.6 is 0 Å². The van der Waals surface area contributed by atoms with Gasteiger partial charge >= 0.3 is 0 Å². The first kappa shape index (κ1) is 20.4. The van der Waals surface area contributed by atoms with Crippen molar-refractivity contribution in [3.05, 3.63) is 89.7 Å². The van der Waals surface area contributed by atoms with Crippen molar-refractivity contribution in [2.45, 2.75) is 4.90 Å². The third-order valence-electron chi connectivity index (χ3n) is 4.17. The highest BCUT2D eigenvalue weighted by Crippen LogP contribution is 2.17. The molecule has 0 atom stereocenters. The van der Waals surface area contributed by atoms with Crippen LogP contribution in [0.3, 0.4) is 0 Å². The van der Waals surface area contributed by atoms with E-state index in [9.17, 15) is 13.2 Å². The minimum Gasteiger partial charge on any atom is -0.322 e. The smallest absolute Gasteiger partial charge is 0.255 e. The van der Waals surface area contributed by atoms with Crippen LogP contribution in [0, 0.1) is 0 Å². The Bertz CT molecular complexity index is 1120. The molecule has 0 aliphatic heterocycles. The quantitative estimate of drug-likeness (QED) is 0.675. The topological polar surface area (TPSA) is 79.4 Å². The van der Waals surface area contributed by atoms with Crippen LogP contribution in [0.25, 0.3) is 12.2 Å². The van der Waals surface area contributed by atoms with Crippen LogP contribution in [0.2, 0.25) is 0 Å². The lowest BCUT2D eigenvalue weighted by molar-refractivity contribution is 0.102. The number of anilines is 1. The van der Waals surface area contributed by atoms with Crippen molar-refractivity contribution in [2.24, 2.45) is 0 Å². The number of amides is 1. The molecule has 7 heteroatoms. The first-order valence-corrected chi connectivity index (χ1v) is 10.3. The summed E-state index contributed by atoms with van der Waals surface area (Å²) < 4.78 is 25.4. The zero-order chi connectivity index (χ0) is 20.9. The Hall–Kier alpha value is -3.29. The molecule has 148 valence electrons. The predicted molar refractivity (Wildman–Crippen MR) is 115 cm³/mol. The van der Waals surface area contributed by atoms with Crippen molar-refractivity contribution >= 4 is 33.8 Å². The molecular weight excluding hydrogens is 386 g/mol. The number of carbonyl (C=O) groups is 1. The van der Waals surface area contributed by atoms with Gasteiger partial charge in [0.1, 0.15) is 0 Å². The van der Waals surface area contributed by atoms with Gasteiger partial charge in [0, 0.05) is 31.5 Å². The Morgan fingerprint density at radius 2 is 1.72 bits per heavy atom. The largest absolute Gasteiger partial charge is 0.322 e. The molecule has 3 aromatic rings. The lowest BCUT2D eigenvalue weighted by atomic mass is 10.1. The highest BCUT2D eigenvalue weighted by atomic mass is 32.2. The number of nitrogens with one attached hydrogen (secondary N) is 1. The molecule has 1 N–H and O–H groups in total. The number of nitrogens with zero attached hydrogens (tertiary/aromatic N) is 2. The van der Waals surface area contributed by atoms with Gasteiger partial charge in [0.25, 0.3) is 5.91 Å². The van der Waals surface area contributed by atoms with Crippen LogP contribution in [-0.2, 0) is 10.0 Å². The van der Waals surface area contributed by atoms with Crippen molar-refractivity contribution in [3.63, 3.8) is 0 Å². The summed E-state index contributed by atoms with van der Waals surface area (Å²) >= 11 is 0. The molecular formula is C22H21N3O3S. The molecule has 2 aromatic carbocycles. The van der Waals surface area contributed by atoms with E-state index in [-0.39, 0.29) is 10.8 Å². The first-order chi connectivity index (χ1) is 13.9. The molecule has 29 heavy (non-hydrogen) atoms. The van der Waals surface area contributed by atoms with Crippen molar-refractivity contribution in [2.75, 3.05) is 19.4 Å². The van der Waals surface area contributed by atoms with Gasteiger partial charge in [-0.3, -0.25) is 9.78 Å². The second kappa shape index (κ2) is 8.81. The van der Waals surface area contributed by atoms with Gasteiger partial charge in [0.05, 0.1) is 10.6 Å². The highest BCUT2D eigenvalue weighted by molar-refractivity contribution is 7.89. The van der Waals surface area contributed by atoms with E-state index in [4.69, 9.17) is 0 Å². The molecule has 0 saturated heterocycles. The van der Waals surface area contributed by atoms with Crippen LogP contribution < -0.4 is 5.32 Å². The van der Waals surface area contributed by atoms with E-state index in [2.05, 4.69) is 10.3 Å². The van der Waals surface area contributed by atoms with Crippen molar-refractivity contribution in [3.8, 4) is 0 Å². The fraction of sp³-hybridized carbons (Fsp3) is 0.0909. The maximum Gasteiger partial charge on any atom is 0.255 e. The second-order valence-electron chi connectivity index (χ2n) is 6.48. The van der Waals surface area contributed by atoms with E-state index in [1.54, 1.807) is 12.3 Å². The summed E-state index contributed by atoms with van der Waals surface area (Å²) in [4.78, 5) is 16.9. The number of carbonyl (C=O) groups excluding carboxylic acids is 1. The maximum atomic E-state index is 12.5. The molecule has 0 radical (unpaired) electrons. The van der Waals surface area contributed by atoms with Gasteiger partial charge < -0.3 is 5.32 Å². The predicted octanol–water partition coefficient (Wildman–Crippen LogP) is 3.75. The molecule has 1 amide bonds. The Labute approximate surface area is 170 Å². The number of hydrogen-bond donors (Lipinski definition) is 1. The Kier molecular flexibility index (Phi) is 6.21. The van der Waals surface area contributed by atoms with Crippen LogP contribution in [0.1, 0.15) is 21.6 Å². The van der Waals surface area contributed by atoms with Gasteiger partial charge in [-0.05, 0) is 60.2 Å². The van der Waals surface area contributed by atoms with Crippen molar-refractivity contribution < 1.29 is 13.2 Å². The molecule has 1 aromatic heterocycles. The van der Waals surface area contributed by atoms with Gasteiger partial charge in [-0.15, -0.1) is 0 Å². The van der Waals surface area contributed by atoms with E-state index < -0.39 is 10.0 Å². The monoisotopic (exact) mass is 407 g/mol. The van der Waals surface area contributed by atoms with Crippen LogP contribution in [0.4, 0.5) is 5.69 Å². The Balaban J connectivity index is 1.72. The lowest BCUT2D eigenvalue weighted by Crippen LogP contribution is -2.22. The molecule has 0 spiro atoms. The molecule has 0 saturated carbocycles. The SMILES string of the molecule is CN(C)S(=O)(=O)c1ccc(C(=O)Nc2cccc(/C=C/c3ccccn3)c2)cc1. The van der Waals surface area contributed by atoms with Gasteiger partial charge in [-0.1, -0.05) is 24.3 Å². The van der Waals surface area contributed by atoms with Crippen LogP contribution in [0.5, 0.6) is 0 Å². The standard InChI is InChI=1S/C22H21N3O3S/c1-25(2)29(27,28)21-13-10-18(11-14-21)22(26)24-20-8-5-6-17(16-20)9-12-19-7-3-4-15-23-19/h3-16H,1-2H3,(H,24,26)/b12-9+. The number of hydrogen-bond acceptors (Lipinski definition) is 4. The summed E-state index contributed by atoms with van der Waals surface area (Å²) in [5, 5.41) is 2.83. The third-order valence-corrected chi connectivity index (χ3v) is 6.00. The van der Waals surface area contributed by atoms with Gasteiger partial charge in [-0.25, -0.2) is 12.7 Å². The molecule has 0 aliphatic carbocycles. The number of pyridine rings is 1. The van der Waals surface area contributed by atoms with Crippen LogP contribution in [-0.4, -0.2) is 37.7 Å². The summed E-state index contributed by atoms with van der Waals surface area (Å²) in [6.45, 7) is 0. The fourth-order valence-electron chi connectivity index (χ4n) is 2.57. The Morgan fingerprint density at radius 1 is 0.966 bits per heavy atom. The average Bonchev–Trinajstić information content (AvgIpc) is 2.73. The molecule has 0 aliphatic rings. The molecule has 0 fully saturated rings. The number of rotatable bonds is 6. The summed E-state index contributed by atoms with van der Waals surface area (Å²) in [6.07, 6.45) is 5.54. The highest BCUT2D eigenvalue weighted by Gasteiger charge is 2.17. The zero-order valence-electron chi connectivity index (χ0n) is 16.1. The molecule has 6 nitrogen and oxygen atoms in total. The number of sulfonamides is 1. The van der Waals surface area contributed by atoms with E-state index in [1.165, 1.54) is 38.4 Å². The van der Waals surface area contributed by atoms with Gasteiger partial charge in [0.15, 0.2) is 0 Å². The normalized spacial score (nSPS) is 11.7. The Morgan fingerprint density at radius 3 is 2.38 bits per heavy atom. The fourth-order valence-corrected chi connectivity index (χ4v) is 3.47. The van der Waals surface area contributed by atoms with Crippen molar-refractivity contribution in [1.29, 1.82) is 0 Å². The number of aromatic nitrogens is 1. The molecule has 0 unspecified atom stereocenters. The van der Waals surface area contributed by atoms with Crippen molar-refractivity contribution in [1.82, 2.24) is 9.29 Å². The molecule has 0 bridgehead atoms. The van der Waals surface area contributed by atoms with Crippen LogP contribution in [0.15, 0.2) is 77.8 Å². The lowest BCUT2D eigenvalue weighted by Gasteiger charge is -2.11. The average molecular weight is 407 g/mol. The molecule has 1 heterocycles. The first-order valence-electron chi connectivity index (χ1n) is 8.89. The summed E-state index contributed by atoms with van der Waals surface area (Å²) in [7, 11) is -0.597. The maximum absolute atomic E-state index is 12.5. The summed E-state index contributed by atoms with van der Waals surface area (Å²) in [5.74, 6) is -0.315. The summed E-state index contributed by atoms with van der Waals surface area (Å²) in [6, 6.07) is 18.9. The zero-order valence-corrected chi connectivity index (χ0v) is 16.9. The van der Waals surface area contributed by atoms with E-state index in [0.29, 0.717) is 11.3 Å². The molecule has 3 rings (SSSR count). The van der Waals surface area contributed by atoms with Gasteiger partial charge in [-0.2, -0.15) is 0 Å². The third kappa shape index (κ3) is 5.16. The van der Waals surface area contributed by atoms with E-state index in [0.717, 1.165) is 15.6 Å². The van der Waals surface area contributed by atoms with E-state index in [1.807, 2.05) is 48.6 Å². The second-order valence-corrected chi connectivity index (χ2v) is 8.63. The van der Waals surface area contributed by atoms with Gasteiger partial charge in [0.2, 0.25) is 10.0 Å². The summed E-state index contributed by atoms with van der Waals surface area (Å²) in [5.41, 5.74) is 2.77. The minimum atomic E-state index is -3.52. The minimum absolute atomic E-state index is 0.140. The van der Waals surface area contributed by atoms with E-state index >= 15 is 0 Å². The number of benzene rings is 2.